The number of halogens is 2. The number of rotatable bonds is 4. The maximum Gasteiger partial charge on any atom is 0.254 e. The monoisotopic (exact) mass is 480 g/mol. The van der Waals surface area contributed by atoms with Crippen molar-refractivity contribution in [3.8, 4) is 0 Å². The molecule has 0 radical (unpaired) electrons. The first-order valence-corrected chi connectivity index (χ1v) is 13.1. The Bertz CT molecular complexity index is 1110. The molecular weight excluding hydrogens is 455 g/mol. The van der Waals surface area contributed by atoms with Gasteiger partial charge in [0.25, 0.3) is 5.91 Å². The Labute approximate surface area is 194 Å². The van der Waals surface area contributed by atoms with Crippen molar-refractivity contribution in [3.63, 3.8) is 0 Å². The molecule has 2 aromatic rings. The lowest BCUT2D eigenvalue weighted by molar-refractivity contribution is 0.0331. The zero-order valence-electron chi connectivity index (χ0n) is 17.6. The van der Waals surface area contributed by atoms with Gasteiger partial charge in [0.1, 0.15) is 0 Å². The van der Waals surface area contributed by atoms with Crippen LogP contribution >= 0.6 is 23.2 Å². The first kappa shape index (κ1) is 22.6. The van der Waals surface area contributed by atoms with Gasteiger partial charge >= 0.3 is 0 Å². The number of amides is 1. The summed E-state index contributed by atoms with van der Waals surface area (Å²) in [6.07, 6.45) is 5.20. The number of fused-ring (bicyclic) bond motifs is 1. The molecule has 1 aliphatic heterocycles. The molecule has 8 heteroatoms. The topological polar surface area (TPSA) is 57.7 Å². The number of hydrogen-bond acceptors (Lipinski definition) is 3. The van der Waals surface area contributed by atoms with Gasteiger partial charge in [0, 0.05) is 34.7 Å². The van der Waals surface area contributed by atoms with Crippen LogP contribution in [0.3, 0.4) is 0 Å². The number of sulfonamides is 1. The predicted octanol–water partition coefficient (Wildman–Crippen LogP) is 4.94. The lowest BCUT2D eigenvalue weighted by atomic mass is 9.83. The van der Waals surface area contributed by atoms with Gasteiger partial charge in [0.15, 0.2) is 0 Å². The highest BCUT2D eigenvalue weighted by Gasteiger charge is 2.44. The Kier molecular flexibility index (Phi) is 6.37. The van der Waals surface area contributed by atoms with Gasteiger partial charge in [-0.3, -0.25) is 4.79 Å². The molecule has 0 spiro atoms. The van der Waals surface area contributed by atoms with Crippen LogP contribution in [0, 0.1) is 0 Å². The molecular formula is C23H26Cl2N2O3S. The Morgan fingerprint density at radius 3 is 2.48 bits per heavy atom. The van der Waals surface area contributed by atoms with Gasteiger partial charge < -0.3 is 4.90 Å². The molecule has 0 bridgehead atoms. The van der Waals surface area contributed by atoms with Gasteiger partial charge in [-0.1, -0.05) is 60.3 Å². The maximum absolute atomic E-state index is 13.8. The van der Waals surface area contributed by atoms with E-state index in [4.69, 9.17) is 23.2 Å². The summed E-state index contributed by atoms with van der Waals surface area (Å²) < 4.78 is 26.2. The Balaban J connectivity index is 1.83. The minimum atomic E-state index is -3.40. The predicted molar refractivity (Wildman–Crippen MR) is 124 cm³/mol. The smallest absolute Gasteiger partial charge is 0.254 e. The molecule has 31 heavy (non-hydrogen) atoms. The van der Waals surface area contributed by atoms with E-state index in [0.717, 1.165) is 36.8 Å². The van der Waals surface area contributed by atoms with Gasteiger partial charge in [-0.15, -0.1) is 0 Å². The molecule has 1 aliphatic carbocycles. The molecule has 2 aliphatic rings. The van der Waals surface area contributed by atoms with Gasteiger partial charge in [0.2, 0.25) is 10.0 Å². The molecule has 4 rings (SSSR count). The molecule has 0 unspecified atom stereocenters. The van der Waals surface area contributed by atoms with Gasteiger partial charge in [0.05, 0.1) is 12.3 Å². The van der Waals surface area contributed by atoms with E-state index in [1.807, 2.05) is 35.2 Å². The Hall–Kier alpha value is -1.60. The van der Waals surface area contributed by atoms with E-state index in [1.165, 1.54) is 10.6 Å². The summed E-state index contributed by atoms with van der Waals surface area (Å²) in [5.41, 5.74) is 2.49. The van der Waals surface area contributed by atoms with E-state index in [-0.39, 0.29) is 24.0 Å². The van der Waals surface area contributed by atoms with E-state index in [0.29, 0.717) is 22.0 Å². The van der Waals surface area contributed by atoms with Gasteiger partial charge in [-0.2, -0.15) is 0 Å². The SMILES string of the molecule is CN([C@H]1CCCC[C@@H]1N1C(=O)c2ccccc2C[C@@H]1c1ccc(Cl)cc1Cl)S(C)(=O)=O. The molecule has 1 amide bonds. The molecule has 0 aromatic heterocycles. The van der Waals surface area contributed by atoms with Crippen LogP contribution in [-0.2, 0) is 16.4 Å². The third-order valence-corrected chi connectivity index (χ3v) is 8.47. The van der Waals surface area contributed by atoms with Crippen LogP contribution in [0.5, 0.6) is 0 Å². The van der Waals surface area contributed by atoms with Crippen LogP contribution in [0.15, 0.2) is 42.5 Å². The van der Waals surface area contributed by atoms with E-state index in [9.17, 15) is 13.2 Å². The molecule has 5 nitrogen and oxygen atoms in total. The largest absolute Gasteiger partial charge is 0.327 e. The third-order valence-electron chi connectivity index (χ3n) is 6.59. The highest BCUT2D eigenvalue weighted by atomic mass is 35.5. The zero-order chi connectivity index (χ0) is 22.3. The van der Waals surface area contributed by atoms with E-state index < -0.39 is 10.0 Å². The molecule has 0 N–H and O–H groups in total. The van der Waals surface area contributed by atoms with Crippen LogP contribution in [0.4, 0.5) is 0 Å². The average molecular weight is 481 g/mol. The summed E-state index contributed by atoms with van der Waals surface area (Å²) in [6, 6.07) is 12.2. The summed E-state index contributed by atoms with van der Waals surface area (Å²) in [5, 5.41) is 1.05. The van der Waals surface area contributed by atoms with Gasteiger partial charge in [-0.25, -0.2) is 12.7 Å². The first-order chi connectivity index (χ1) is 14.7. The second-order valence-electron chi connectivity index (χ2n) is 8.45. The summed E-state index contributed by atoms with van der Waals surface area (Å²) in [4.78, 5) is 15.7. The molecule has 0 saturated heterocycles. The second kappa shape index (κ2) is 8.74. The fourth-order valence-electron chi connectivity index (χ4n) is 4.99. The van der Waals surface area contributed by atoms with Crippen LogP contribution in [0.2, 0.25) is 10.0 Å². The number of carbonyl (C=O) groups excluding carboxylic acids is 1. The Morgan fingerprint density at radius 2 is 1.77 bits per heavy atom. The van der Waals surface area contributed by atoms with Crippen molar-refractivity contribution in [2.45, 2.75) is 50.2 Å². The molecule has 166 valence electrons. The lowest BCUT2D eigenvalue weighted by Crippen LogP contribution is -2.57. The minimum Gasteiger partial charge on any atom is -0.327 e. The average Bonchev–Trinajstić information content (AvgIpc) is 2.73. The highest BCUT2D eigenvalue weighted by molar-refractivity contribution is 7.88. The van der Waals surface area contributed by atoms with Crippen molar-refractivity contribution in [1.29, 1.82) is 0 Å². The van der Waals surface area contributed by atoms with Crippen molar-refractivity contribution in [2.75, 3.05) is 13.3 Å². The van der Waals surface area contributed by atoms with Crippen molar-refractivity contribution < 1.29 is 13.2 Å². The molecule has 1 heterocycles. The third kappa shape index (κ3) is 4.36. The van der Waals surface area contributed by atoms with Crippen molar-refractivity contribution in [2.24, 2.45) is 0 Å². The van der Waals surface area contributed by atoms with E-state index >= 15 is 0 Å². The maximum atomic E-state index is 13.8. The minimum absolute atomic E-state index is 0.0725. The fourth-order valence-corrected chi connectivity index (χ4v) is 6.27. The summed E-state index contributed by atoms with van der Waals surface area (Å²) >= 11 is 12.7. The second-order valence-corrected chi connectivity index (χ2v) is 11.3. The molecule has 2 aromatic carbocycles. The van der Waals surface area contributed by atoms with Gasteiger partial charge in [-0.05, 0) is 48.6 Å². The summed E-state index contributed by atoms with van der Waals surface area (Å²) in [6.45, 7) is 0. The standard InChI is InChI=1S/C23H26Cl2N2O3S/c1-26(31(2,29)30)20-9-5-6-10-21(20)27-22(18-12-11-16(24)14-19(18)25)13-15-7-3-4-8-17(15)23(27)28/h3-4,7-8,11-12,14,20-22H,5-6,9-10,13H2,1-2H3/t20-,21-,22+/m0/s1. The highest BCUT2D eigenvalue weighted by Crippen LogP contribution is 2.42. The van der Waals surface area contributed by atoms with E-state index in [1.54, 1.807) is 19.2 Å². The van der Waals surface area contributed by atoms with Crippen molar-refractivity contribution in [1.82, 2.24) is 9.21 Å². The zero-order valence-corrected chi connectivity index (χ0v) is 19.9. The number of likely N-dealkylation sites (N-methyl/N-ethyl adjacent to an activating group) is 1. The van der Waals surface area contributed by atoms with Crippen LogP contribution in [0.1, 0.15) is 53.2 Å². The first-order valence-electron chi connectivity index (χ1n) is 10.5. The number of carbonyl (C=O) groups is 1. The number of nitrogens with zero attached hydrogens (tertiary/aromatic N) is 2. The van der Waals surface area contributed by atoms with E-state index in [2.05, 4.69) is 0 Å². The molecule has 1 fully saturated rings. The summed E-state index contributed by atoms with van der Waals surface area (Å²) in [5.74, 6) is -0.0725. The molecule has 1 saturated carbocycles. The Morgan fingerprint density at radius 1 is 1.06 bits per heavy atom. The van der Waals surface area contributed by atoms with Crippen LogP contribution in [-0.4, -0.2) is 48.9 Å². The van der Waals surface area contributed by atoms with Crippen molar-refractivity contribution in [3.05, 3.63) is 69.2 Å². The molecule has 3 atom stereocenters. The van der Waals surface area contributed by atoms with Crippen LogP contribution < -0.4 is 0 Å². The quantitative estimate of drug-likeness (QED) is 0.622. The number of hydrogen-bond donors (Lipinski definition) is 0. The van der Waals surface area contributed by atoms with Crippen LogP contribution in [0.25, 0.3) is 0 Å². The summed E-state index contributed by atoms with van der Waals surface area (Å²) in [7, 11) is -1.78. The lowest BCUT2D eigenvalue weighted by Gasteiger charge is -2.48. The number of benzene rings is 2. The van der Waals surface area contributed by atoms with Crippen molar-refractivity contribution >= 4 is 39.1 Å². The fraction of sp³-hybridized carbons (Fsp3) is 0.435. The normalized spacial score (nSPS) is 24.4.